The Hall–Kier alpha value is -1.59. The average molecular weight is 324 g/mol. The Morgan fingerprint density at radius 2 is 1.76 bits per heavy atom. The molecule has 1 saturated carbocycles. The van der Waals surface area contributed by atoms with E-state index in [9.17, 15) is 0 Å². The van der Waals surface area contributed by atoms with Crippen LogP contribution in [-0.2, 0) is 0 Å². The van der Waals surface area contributed by atoms with Crippen molar-refractivity contribution in [3.05, 3.63) is 34.6 Å². The van der Waals surface area contributed by atoms with E-state index in [0.717, 1.165) is 18.5 Å². The number of hydrogen-bond acceptors (Lipinski definition) is 5. The number of benzene rings is 1. The standard InChI is InChI=1S/C14H15Cl2N5/c15-9-4-3-7-11(8-9)18-14-20-12(16)19-13(21-14)17-10-5-1-2-6-10/h3-4,7-8,10H,1-2,5-6H2,(H2,17,18,19,20,21). The highest BCUT2D eigenvalue weighted by Crippen LogP contribution is 2.23. The molecule has 1 aromatic carbocycles. The van der Waals surface area contributed by atoms with E-state index in [0.29, 0.717) is 23.0 Å². The van der Waals surface area contributed by atoms with Crippen molar-refractivity contribution in [2.24, 2.45) is 0 Å². The number of nitrogens with one attached hydrogen (secondary N) is 2. The minimum absolute atomic E-state index is 0.162. The molecule has 2 aromatic rings. The van der Waals surface area contributed by atoms with Gasteiger partial charge >= 0.3 is 0 Å². The lowest BCUT2D eigenvalue weighted by Crippen LogP contribution is -2.17. The second kappa shape index (κ2) is 6.45. The van der Waals surface area contributed by atoms with Crippen LogP contribution < -0.4 is 10.6 Å². The third-order valence-electron chi connectivity index (χ3n) is 3.38. The zero-order valence-electron chi connectivity index (χ0n) is 11.3. The van der Waals surface area contributed by atoms with Gasteiger partial charge in [0.05, 0.1) is 0 Å². The first kappa shape index (κ1) is 14.4. The quantitative estimate of drug-likeness (QED) is 0.879. The number of nitrogens with zero attached hydrogens (tertiary/aromatic N) is 3. The highest BCUT2D eigenvalue weighted by molar-refractivity contribution is 6.30. The lowest BCUT2D eigenvalue weighted by molar-refractivity contribution is 0.742. The van der Waals surface area contributed by atoms with E-state index in [1.165, 1.54) is 12.8 Å². The van der Waals surface area contributed by atoms with E-state index in [2.05, 4.69) is 25.6 Å². The van der Waals surface area contributed by atoms with E-state index in [1.54, 1.807) is 12.1 Å². The average Bonchev–Trinajstić information content (AvgIpc) is 2.90. The molecular weight excluding hydrogens is 309 g/mol. The van der Waals surface area contributed by atoms with Crippen LogP contribution in [0.5, 0.6) is 0 Å². The molecule has 0 saturated heterocycles. The van der Waals surface area contributed by atoms with Crippen LogP contribution in [0, 0.1) is 0 Å². The molecule has 0 amide bonds. The normalized spacial score (nSPS) is 15.1. The summed E-state index contributed by atoms with van der Waals surface area (Å²) in [6.07, 6.45) is 4.76. The van der Waals surface area contributed by atoms with Crippen LogP contribution >= 0.6 is 23.2 Å². The van der Waals surface area contributed by atoms with Crippen molar-refractivity contribution in [2.75, 3.05) is 10.6 Å². The molecule has 1 aliphatic carbocycles. The van der Waals surface area contributed by atoms with E-state index < -0.39 is 0 Å². The summed E-state index contributed by atoms with van der Waals surface area (Å²) >= 11 is 11.9. The number of halogens is 2. The molecule has 0 atom stereocenters. The Balaban J connectivity index is 1.77. The van der Waals surface area contributed by atoms with Crippen LogP contribution in [0.2, 0.25) is 10.3 Å². The Bertz CT molecular complexity index is 629. The van der Waals surface area contributed by atoms with E-state index >= 15 is 0 Å². The highest BCUT2D eigenvalue weighted by Gasteiger charge is 2.16. The Morgan fingerprint density at radius 1 is 1.00 bits per heavy atom. The molecule has 0 bridgehead atoms. The maximum Gasteiger partial charge on any atom is 0.233 e. The maximum atomic E-state index is 5.96. The third-order valence-corrected chi connectivity index (χ3v) is 3.78. The monoisotopic (exact) mass is 323 g/mol. The first-order chi connectivity index (χ1) is 10.2. The van der Waals surface area contributed by atoms with Gasteiger partial charge in [-0.2, -0.15) is 15.0 Å². The van der Waals surface area contributed by atoms with Crippen molar-refractivity contribution < 1.29 is 0 Å². The van der Waals surface area contributed by atoms with Gasteiger partial charge in [0.25, 0.3) is 0 Å². The van der Waals surface area contributed by atoms with Gasteiger partial charge in [-0.05, 0) is 42.6 Å². The fraction of sp³-hybridized carbons (Fsp3) is 0.357. The van der Waals surface area contributed by atoms with E-state index in [4.69, 9.17) is 23.2 Å². The summed E-state index contributed by atoms with van der Waals surface area (Å²) in [6.45, 7) is 0. The van der Waals surface area contributed by atoms with E-state index in [1.807, 2.05) is 12.1 Å². The molecule has 0 radical (unpaired) electrons. The van der Waals surface area contributed by atoms with Gasteiger partial charge in [0.15, 0.2) is 0 Å². The number of hydrogen-bond donors (Lipinski definition) is 2. The van der Waals surface area contributed by atoms with Gasteiger partial charge in [0, 0.05) is 16.8 Å². The molecule has 5 nitrogen and oxygen atoms in total. The van der Waals surface area contributed by atoms with Crippen molar-refractivity contribution in [2.45, 2.75) is 31.7 Å². The zero-order chi connectivity index (χ0) is 14.7. The highest BCUT2D eigenvalue weighted by atomic mass is 35.5. The van der Waals surface area contributed by atoms with Gasteiger partial charge in [-0.3, -0.25) is 0 Å². The van der Waals surface area contributed by atoms with Crippen molar-refractivity contribution in [1.82, 2.24) is 15.0 Å². The third kappa shape index (κ3) is 3.95. The van der Waals surface area contributed by atoms with Crippen LogP contribution in [0.4, 0.5) is 17.6 Å². The summed E-state index contributed by atoms with van der Waals surface area (Å²) in [7, 11) is 0. The SMILES string of the molecule is Clc1cccc(Nc2nc(Cl)nc(NC3CCCC3)n2)c1. The summed E-state index contributed by atoms with van der Waals surface area (Å²) in [6, 6.07) is 7.75. The molecule has 1 aromatic heterocycles. The number of anilines is 3. The van der Waals surface area contributed by atoms with Gasteiger partial charge in [-0.15, -0.1) is 0 Å². The largest absolute Gasteiger partial charge is 0.351 e. The van der Waals surface area contributed by atoms with Gasteiger partial charge in [-0.25, -0.2) is 0 Å². The van der Waals surface area contributed by atoms with Gasteiger partial charge < -0.3 is 10.6 Å². The lowest BCUT2D eigenvalue weighted by atomic mass is 10.3. The van der Waals surface area contributed by atoms with Gasteiger partial charge in [0.2, 0.25) is 17.2 Å². The molecule has 1 heterocycles. The van der Waals surface area contributed by atoms with Crippen molar-refractivity contribution in [1.29, 1.82) is 0 Å². The van der Waals surface area contributed by atoms with Crippen LogP contribution in [0.15, 0.2) is 24.3 Å². The predicted octanol–water partition coefficient (Wildman–Crippen LogP) is 4.28. The first-order valence-corrected chi connectivity index (χ1v) is 7.65. The first-order valence-electron chi connectivity index (χ1n) is 6.90. The summed E-state index contributed by atoms with van der Waals surface area (Å²) in [4.78, 5) is 12.6. The molecule has 3 rings (SSSR count). The zero-order valence-corrected chi connectivity index (χ0v) is 12.8. The second-order valence-corrected chi connectivity index (χ2v) is 5.79. The molecule has 0 aliphatic heterocycles. The second-order valence-electron chi connectivity index (χ2n) is 5.01. The fourth-order valence-corrected chi connectivity index (χ4v) is 2.77. The molecule has 110 valence electrons. The molecule has 0 unspecified atom stereocenters. The Labute approximate surface area is 133 Å². The summed E-state index contributed by atoms with van der Waals surface area (Å²) < 4.78 is 0. The smallest absolute Gasteiger partial charge is 0.233 e. The predicted molar refractivity (Wildman–Crippen MR) is 85.5 cm³/mol. The minimum atomic E-state index is 0.162. The topological polar surface area (TPSA) is 62.7 Å². The van der Waals surface area contributed by atoms with Crippen LogP contribution in [0.1, 0.15) is 25.7 Å². The van der Waals surface area contributed by atoms with Crippen LogP contribution in [0.25, 0.3) is 0 Å². The van der Waals surface area contributed by atoms with Crippen molar-refractivity contribution >= 4 is 40.8 Å². The Kier molecular flexibility index (Phi) is 4.41. The molecule has 1 aliphatic rings. The summed E-state index contributed by atoms with van der Waals surface area (Å²) in [5, 5.41) is 7.19. The molecular formula is C14H15Cl2N5. The summed E-state index contributed by atoms with van der Waals surface area (Å²) in [5.41, 5.74) is 0.802. The van der Waals surface area contributed by atoms with E-state index in [-0.39, 0.29) is 5.28 Å². The van der Waals surface area contributed by atoms with Crippen molar-refractivity contribution in [3.63, 3.8) is 0 Å². The number of rotatable bonds is 4. The maximum absolute atomic E-state index is 5.96. The summed E-state index contributed by atoms with van der Waals surface area (Å²) in [5.74, 6) is 0.907. The lowest BCUT2D eigenvalue weighted by Gasteiger charge is -2.12. The van der Waals surface area contributed by atoms with Gasteiger partial charge in [-0.1, -0.05) is 30.5 Å². The molecule has 1 fully saturated rings. The molecule has 0 spiro atoms. The van der Waals surface area contributed by atoms with Crippen molar-refractivity contribution in [3.8, 4) is 0 Å². The fourth-order valence-electron chi connectivity index (χ4n) is 2.42. The molecule has 7 heteroatoms. The van der Waals surface area contributed by atoms with Crippen LogP contribution in [-0.4, -0.2) is 21.0 Å². The van der Waals surface area contributed by atoms with Gasteiger partial charge in [0.1, 0.15) is 0 Å². The minimum Gasteiger partial charge on any atom is -0.351 e. The Morgan fingerprint density at radius 3 is 2.52 bits per heavy atom. The molecule has 2 N–H and O–H groups in total. The number of aromatic nitrogens is 3. The molecule has 21 heavy (non-hydrogen) atoms. The van der Waals surface area contributed by atoms with Crippen LogP contribution in [0.3, 0.4) is 0 Å².